The zero-order chi connectivity index (χ0) is 32.2. The summed E-state index contributed by atoms with van der Waals surface area (Å²) in [5, 5.41) is 15.3. The molecule has 4 aromatic carbocycles. The van der Waals surface area contributed by atoms with E-state index in [0.29, 0.717) is 18.0 Å². The molecule has 46 heavy (non-hydrogen) atoms. The van der Waals surface area contributed by atoms with Crippen molar-refractivity contribution in [3.8, 4) is 11.5 Å². The number of aromatic hydroxyl groups is 1. The fourth-order valence-electron chi connectivity index (χ4n) is 6.04. The first kappa shape index (κ1) is 30.3. The van der Waals surface area contributed by atoms with Gasteiger partial charge in [-0.15, -0.1) is 0 Å². The number of benzene rings is 4. The molecule has 0 aliphatic carbocycles. The van der Waals surface area contributed by atoms with E-state index in [1.165, 1.54) is 5.57 Å². The normalized spacial score (nSPS) is 16.5. The second-order valence-corrected chi connectivity index (χ2v) is 11.1. The van der Waals surface area contributed by atoms with Gasteiger partial charge in [-0.1, -0.05) is 67.6 Å². The molecule has 4 amide bonds. The number of nitrogens with one attached hydrogen (secondary N) is 2. The van der Waals surface area contributed by atoms with E-state index >= 15 is 0 Å². The molecule has 2 aliphatic rings. The van der Waals surface area contributed by atoms with Crippen LogP contribution in [0.4, 0.5) is 5.69 Å². The highest BCUT2D eigenvalue weighted by Gasteiger charge is 2.45. The van der Waals surface area contributed by atoms with Gasteiger partial charge in [-0.3, -0.25) is 29.4 Å². The van der Waals surface area contributed by atoms with E-state index in [1.807, 2.05) is 54.6 Å². The third-order valence-corrected chi connectivity index (χ3v) is 8.23. The quantitative estimate of drug-likeness (QED) is 0.120. The molecule has 9 heteroatoms. The van der Waals surface area contributed by atoms with E-state index < -0.39 is 29.7 Å². The molecule has 0 spiro atoms. The van der Waals surface area contributed by atoms with E-state index in [1.54, 1.807) is 30.3 Å². The van der Waals surface area contributed by atoms with Crippen LogP contribution >= 0.6 is 0 Å². The Morgan fingerprint density at radius 3 is 2.22 bits per heavy atom. The molecule has 0 radical (unpaired) electrons. The molecule has 2 heterocycles. The van der Waals surface area contributed by atoms with Crippen molar-refractivity contribution >= 4 is 40.5 Å². The number of amides is 4. The molecule has 0 saturated carbocycles. The SMILES string of the molecule is CCC(=C(c1ccc(O)cc1)c1ccc(OCCNc2cccc3c2C(=O)N(C2CCC(=O)NC2=O)C3=O)cc1)c1ccccc1. The first-order chi connectivity index (χ1) is 22.4. The van der Waals surface area contributed by atoms with Gasteiger partial charge in [0.25, 0.3) is 11.8 Å². The number of nitrogens with zero attached hydrogens (tertiary/aromatic N) is 1. The van der Waals surface area contributed by atoms with Crippen LogP contribution in [0, 0.1) is 0 Å². The maximum Gasteiger partial charge on any atom is 0.264 e. The molecule has 0 aromatic heterocycles. The number of hydrogen-bond acceptors (Lipinski definition) is 7. The highest BCUT2D eigenvalue weighted by molar-refractivity contribution is 6.25. The number of rotatable bonds is 10. The number of fused-ring (bicyclic) bond motifs is 1. The van der Waals surface area contributed by atoms with E-state index in [4.69, 9.17) is 4.74 Å². The predicted molar refractivity (Wildman–Crippen MR) is 174 cm³/mol. The fraction of sp³-hybridized carbons (Fsp3) is 0.189. The second kappa shape index (κ2) is 13.1. The van der Waals surface area contributed by atoms with Gasteiger partial charge >= 0.3 is 0 Å². The molecule has 3 N–H and O–H groups in total. The van der Waals surface area contributed by atoms with Crippen LogP contribution in [-0.2, 0) is 9.59 Å². The lowest BCUT2D eigenvalue weighted by molar-refractivity contribution is -0.136. The van der Waals surface area contributed by atoms with Crippen molar-refractivity contribution in [2.45, 2.75) is 32.2 Å². The number of phenolic OH excluding ortho intramolecular Hbond substituents is 1. The number of carbonyl (C=O) groups is 4. The smallest absolute Gasteiger partial charge is 0.264 e. The van der Waals surface area contributed by atoms with Gasteiger partial charge in [0.05, 0.1) is 11.1 Å². The van der Waals surface area contributed by atoms with E-state index in [0.717, 1.165) is 33.6 Å². The van der Waals surface area contributed by atoms with Crippen molar-refractivity contribution in [1.29, 1.82) is 0 Å². The minimum Gasteiger partial charge on any atom is -0.508 e. The zero-order valence-electron chi connectivity index (χ0n) is 25.3. The number of hydrogen-bond donors (Lipinski definition) is 3. The monoisotopic (exact) mass is 615 g/mol. The van der Waals surface area contributed by atoms with Crippen LogP contribution in [-0.4, -0.2) is 52.8 Å². The van der Waals surface area contributed by atoms with Gasteiger partial charge in [0.15, 0.2) is 0 Å². The van der Waals surface area contributed by atoms with Gasteiger partial charge in [-0.2, -0.15) is 0 Å². The topological polar surface area (TPSA) is 125 Å². The number of piperidine rings is 1. The van der Waals surface area contributed by atoms with Crippen LogP contribution in [0.15, 0.2) is 97.1 Å². The summed E-state index contributed by atoms with van der Waals surface area (Å²) in [5.41, 5.74) is 6.30. The standard InChI is InChI=1S/C37H33N3O6/c1-2-28(23-7-4-3-5-8-23)33(24-11-15-26(41)16-12-24)25-13-17-27(18-14-25)46-22-21-38-30-10-6-9-29-34(30)37(45)40(36(29)44)31-19-20-32(42)39-35(31)43/h3-18,31,38,41H,2,19-22H2,1H3,(H,39,42,43). The number of imide groups is 2. The van der Waals surface area contributed by atoms with E-state index in [9.17, 15) is 24.3 Å². The lowest BCUT2D eigenvalue weighted by Gasteiger charge is -2.27. The van der Waals surface area contributed by atoms with E-state index in [2.05, 4.69) is 29.7 Å². The van der Waals surface area contributed by atoms with Gasteiger partial charge in [-0.05, 0) is 77.1 Å². The number of allylic oxidation sites excluding steroid dienone is 1. The second-order valence-electron chi connectivity index (χ2n) is 11.1. The Bertz CT molecular complexity index is 1830. The summed E-state index contributed by atoms with van der Waals surface area (Å²) < 4.78 is 6.00. The molecule has 9 nitrogen and oxygen atoms in total. The highest BCUT2D eigenvalue weighted by atomic mass is 16.5. The van der Waals surface area contributed by atoms with Crippen LogP contribution < -0.4 is 15.4 Å². The van der Waals surface area contributed by atoms with Crippen molar-refractivity contribution in [3.63, 3.8) is 0 Å². The van der Waals surface area contributed by atoms with E-state index in [-0.39, 0.29) is 36.3 Å². The summed E-state index contributed by atoms with van der Waals surface area (Å²) in [6.45, 7) is 2.77. The van der Waals surface area contributed by atoms with Crippen LogP contribution in [0.2, 0.25) is 0 Å². The molecular weight excluding hydrogens is 582 g/mol. The molecule has 4 aromatic rings. The van der Waals surface area contributed by atoms with Gasteiger partial charge in [0.1, 0.15) is 24.1 Å². The third kappa shape index (κ3) is 5.99. The van der Waals surface area contributed by atoms with Crippen LogP contribution in [0.3, 0.4) is 0 Å². The lowest BCUT2D eigenvalue weighted by Crippen LogP contribution is -2.54. The molecule has 1 fully saturated rings. The van der Waals surface area contributed by atoms with Crippen molar-refractivity contribution in [1.82, 2.24) is 10.2 Å². The molecular formula is C37H33N3O6. The molecule has 232 valence electrons. The molecule has 2 aliphatic heterocycles. The summed E-state index contributed by atoms with van der Waals surface area (Å²) in [6, 6.07) is 29.2. The predicted octanol–water partition coefficient (Wildman–Crippen LogP) is 5.65. The van der Waals surface area contributed by atoms with Crippen LogP contribution in [0.25, 0.3) is 11.1 Å². The lowest BCUT2D eigenvalue weighted by atomic mass is 9.88. The minimum atomic E-state index is -1.02. The van der Waals surface area contributed by atoms with Crippen molar-refractivity contribution in [3.05, 3.63) is 125 Å². The third-order valence-electron chi connectivity index (χ3n) is 8.23. The first-order valence-corrected chi connectivity index (χ1v) is 15.3. The fourth-order valence-corrected chi connectivity index (χ4v) is 6.04. The number of carbonyl (C=O) groups excluding carboxylic acids is 4. The van der Waals surface area contributed by atoms with Crippen molar-refractivity contribution in [2.24, 2.45) is 0 Å². The largest absolute Gasteiger partial charge is 0.508 e. The van der Waals surface area contributed by atoms with Gasteiger partial charge in [-0.25, -0.2) is 0 Å². The molecule has 1 unspecified atom stereocenters. The van der Waals surface area contributed by atoms with Gasteiger partial charge in [0.2, 0.25) is 11.8 Å². The number of phenols is 1. The summed E-state index contributed by atoms with van der Waals surface area (Å²) in [6.07, 6.45) is 0.977. The Labute approximate surface area is 266 Å². The van der Waals surface area contributed by atoms with Crippen LogP contribution in [0.5, 0.6) is 11.5 Å². The number of anilines is 1. The van der Waals surface area contributed by atoms with Crippen LogP contribution in [0.1, 0.15) is 63.6 Å². The molecule has 1 atom stereocenters. The minimum absolute atomic E-state index is 0.0639. The Morgan fingerprint density at radius 1 is 0.848 bits per heavy atom. The Morgan fingerprint density at radius 2 is 1.54 bits per heavy atom. The Kier molecular flexibility index (Phi) is 8.65. The average molecular weight is 616 g/mol. The Hall–Kier alpha value is -5.70. The van der Waals surface area contributed by atoms with Gasteiger partial charge in [0, 0.05) is 18.7 Å². The summed E-state index contributed by atoms with van der Waals surface area (Å²) in [5.74, 6) is -1.29. The number of ether oxygens (including phenoxy) is 1. The molecule has 6 rings (SSSR count). The zero-order valence-corrected chi connectivity index (χ0v) is 25.3. The van der Waals surface area contributed by atoms with Crippen molar-refractivity contribution < 1.29 is 29.0 Å². The van der Waals surface area contributed by atoms with Gasteiger partial charge < -0.3 is 15.2 Å². The maximum absolute atomic E-state index is 13.3. The maximum atomic E-state index is 13.3. The first-order valence-electron chi connectivity index (χ1n) is 15.3. The summed E-state index contributed by atoms with van der Waals surface area (Å²) in [7, 11) is 0. The molecule has 1 saturated heterocycles. The Balaban J connectivity index is 1.14. The summed E-state index contributed by atoms with van der Waals surface area (Å²) >= 11 is 0. The molecule has 0 bridgehead atoms. The highest BCUT2D eigenvalue weighted by Crippen LogP contribution is 2.36. The van der Waals surface area contributed by atoms with Crippen molar-refractivity contribution in [2.75, 3.05) is 18.5 Å². The average Bonchev–Trinajstić information content (AvgIpc) is 3.33. The summed E-state index contributed by atoms with van der Waals surface area (Å²) in [4.78, 5) is 51.4.